The smallest absolute Gasteiger partial charge is 0.274 e. The van der Waals surface area contributed by atoms with E-state index < -0.39 is 0 Å². The van der Waals surface area contributed by atoms with E-state index in [0.717, 1.165) is 28.8 Å². The third-order valence-corrected chi connectivity index (χ3v) is 7.26. The molecule has 3 heterocycles. The molecule has 2 aliphatic heterocycles. The van der Waals surface area contributed by atoms with E-state index in [1.54, 1.807) is 25.2 Å². The molecule has 1 aromatic heterocycles. The predicted molar refractivity (Wildman–Crippen MR) is 133 cm³/mol. The molecule has 0 spiro atoms. The molecule has 2 aliphatic rings. The fourth-order valence-corrected chi connectivity index (χ4v) is 5.48. The van der Waals surface area contributed by atoms with Crippen molar-refractivity contribution in [3.63, 3.8) is 0 Å². The summed E-state index contributed by atoms with van der Waals surface area (Å²) in [6.07, 6.45) is 5.39. The first kappa shape index (κ1) is 23.0. The van der Waals surface area contributed by atoms with E-state index in [4.69, 9.17) is 0 Å². The number of fused-ring (bicyclic) bond motifs is 3. The van der Waals surface area contributed by atoms with Crippen molar-refractivity contribution in [2.24, 2.45) is 5.92 Å². The Labute approximate surface area is 204 Å². The van der Waals surface area contributed by atoms with Gasteiger partial charge in [-0.1, -0.05) is 18.2 Å². The lowest BCUT2D eigenvalue weighted by Crippen LogP contribution is -2.48. The van der Waals surface area contributed by atoms with E-state index in [2.05, 4.69) is 33.1 Å². The Bertz CT molecular complexity index is 1250. The van der Waals surface area contributed by atoms with Gasteiger partial charge in [0.05, 0.1) is 24.9 Å². The number of likely N-dealkylation sites (tertiary alicyclic amines) is 1. The maximum atomic E-state index is 13.4. The zero-order valence-electron chi connectivity index (χ0n) is 20.1. The number of carbonyl (C=O) groups excluding carboxylic acids is 2. The van der Waals surface area contributed by atoms with Gasteiger partial charge < -0.3 is 19.8 Å². The molecule has 8 nitrogen and oxygen atoms in total. The molecule has 0 saturated carbocycles. The molecule has 35 heavy (non-hydrogen) atoms. The van der Waals surface area contributed by atoms with Crippen LogP contribution in [0.1, 0.15) is 38.9 Å². The van der Waals surface area contributed by atoms with Gasteiger partial charge in [-0.2, -0.15) is 0 Å². The Morgan fingerprint density at radius 1 is 1.09 bits per heavy atom. The number of carbonyl (C=O) groups is 2. The van der Waals surface area contributed by atoms with Crippen LogP contribution in [-0.2, 0) is 0 Å². The number of rotatable bonds is 4. The molecule has 0 bridgehead atoms. The first-order chi connectivity index (χ1) is 16.9. The monoisotopic (exact) mass is 471 g/mol. The van der Waals surface area contributed by atoms with Gasteiger partial charge >= 0.3 is 0 Å². The number of hydrogen-bond donors (Lipinski definition) is 1. The molecule has 180 valence electrons. The molecule has 3 aromatic rings. The van der Waals surface area contributed by atoms with Crippen molar-refractivity contribution in [3.05, 3.63) is 77.9 Å². The Hall–Kier alpha value is -3.78. The summed E-state index contributed by atoms with van der Waals surface area (Å²) in [4.78, 5) is 39.6. The first-order valence-corrected chi connectivity index (χ1v) is 11.8. The van der Waals surface area contributed by atoms with Crippen LogP contribution < -0.4 is 4.90 Å². The van der Waals surface area contributed by atoms with Crippen LogP contribution in [0.4, 0.5) is 5.69 Å². The van der Waals surface area contributed by atoms with E-state index in [9.17, 15) is 14.7 Å². The van der Waals surface area contributed by atoms with Gasteiger partial charge in [0.25, 0.3) is 11.8 Å². The second-order valence-corrected chi connectivity index (χ2v) is 9.40. The van der Waals surface area contributed by atoms with Gasteiger partial charge in [0.15, 0.2) is 0 Å². The van der Waals surface area contributed by atoms with E-state index in [1.807, 2.05) is 36.2 Å². The lowest BCUT2D eigenvalue weighted by atomic mass is 9.81. The Morgan fingerprint density at radius 2 is 1.83 bits per heavy atom. The number of nitrogens with zero attached hydrogens (tertiary/aromatic N) is 5. The van der Waals surface area contributed by atoms with Crippen LogP contribution in [-0.4, -0.2) is 77.0 Å². The largest absolute Gasteiger partial charge is 0.394 e. The van der Waals surface area contributed by atoms with Crippen molar-refractivity contribution in [2.75, 3.05) is 39.2 Å². The van der Waals surface area contributed by atoms with Crippen LogP contribution in [0, 0.1) is 5.92 Å². The highest BCUT2D eigenvalue weighted by molar-refractivity contribution is 5.94. The zero-order valence-corrected chi connectivity index (χ0v) is 20.1. The van der Waals surface area contributed by atoms with Crippen LogP contribution in [0.15, 0.2) is 61.1 Å². The molecular formula is C27H29N5O3. The van der Waals surface area contributed by atoms with E-state index in [-0.39, 0.29) is 36.4 Å². The first-order valence-electron chi connectivity index (χ1n) is 11.8. The van der Waals surface area contributed by atoms with Crippen LogP contribution >= 0.6 is 0 Å². The third kappa shape index (κ3) is 3.93. The molecule has 1 N–H and O–H groups in total. The Morgan fingerprint density at radius 3 is 2.49 bits per heavy atom. The number of aromatic nitrogens is 2. The molecule has 0 radical (unpaired) electrons. The van der Waals surface area contributed by atoms with Gasteiger partial charge in [0.2, 0.25) is 0 Å². The highest BCUT2D eigenvalue weighted by Gasteiger charge is 2.48. The maximum absolute atomic E-state index is 13.4. The molecule has 1 saturated heterocycles. The van der Waals surface area contributed by atoms with Gasteiger partial charge in [-0.05, 0) is 47.4 Å². The van der Waals surface area contributed by atoms with Gasteiger partial charge in [-0.3, -0.25) is 14.6 Å². The fourth-order valence-electron chi connectivity index (χ4n) is 5.48. The van der Waals surface area contributed by atoms with Gasteiger partial charge in [0, 0.05) is 57.3 Å². The number of hydrogen-bond acceptors (Lipinski definition) is 6. The van der Waals surface area contributed by atoms with E-state index in [0.29, 0.717) is 17.8 Å². The third-order valence-electron chi connectivity index (χ3n) is 7.26. The molecule has 3 atom stereocenters. The van der Waals surface area contributed by atoms with Crippen LogP contribution in [0.5, 0.6) is 0 Å². The molecule has 1 fully saturated rings. The lowest BCUT2D eigenvalue weighted by molar-refractivity contribution is 0.0687. The van der Waals surface area contributed by atoms with Crippen molar-refractivity contribution >= 4 is 17.5 Å². The van der Waals surface area contributed by atoms with Crippen molar-refractivity contribution in [1.82, 2.24) is 19.8 Å². The minimum Gasteiger partial charge on any atom is -0.394 e. The van der Waals surface area contributed by atoms with Crippen molar-refractivity contribution < 1.29 is 14.7 Å². The molecule has 2 amide bonds. The van der Waals surface area contributed by atoms with Crippen LogP contribution in [0.3, 0.4) is 0 Å². The van der Waals surface area contributed by atoms with E-state index in [1.165, 1.54) is 12.4 Å². The molecule has 0 aliphatic carbocycles. The number of aliphatic hydroxyl groups is 1. The van der Waals surface area contributed by atoms with Crippen molar-refractivity contribution in [3.8, 4) is 11.1 Å². The normalized spacial score (nSPS) is 20.9. The molecular weight excluding hydrogens is 442 g/mol. The topological polar surface area (TPSA) is 89.9 Å². The van der Waals surface area contributed by atoms with Crippen molar-refractivity contribution in [2.45, 2.75) is 18.5 Å². The Kier molecular flexibility index (Phi) is 5.98. The zero-order chi connectivity index (χ0) is 24.7. The summed E-state index contributed by atoms with van der Waals surface area (Å²) >= 11 is 0. The number of likely N-dealkylation sites (N-methyl/N-ethyl adjacent to an activating group) is 1. The van der Waals surface area contributed by atoms with Crippen LogP contribution in [0.2, 0.25) is 0 Å². The molecule has 0 unspecified atom stereocenters. The quantitative estimate of drug-likeness (QED) is 0.629. The lowest BCUT2D eigenvalue weighted by Gasteiger charge is -2.44. The number of amides is 2. The predicted octanol–water partition coefficient (Wildman–Crippen LogP) is 2.86. The maximum Gasteiger partial charge on any atom is 0.274 e. The molecule has 8 heteroatoms. The standard InChI is InChI=1S/C27H29N5O3/c1-30(2)26(34)18-6-4-17(5-7-18)19-8-9-23-21(14-19)25-20(24(16-33)31(23)3)10-13-32(25)27(35)22-15-28-11-12-29-22/h4-9,11-12,14-15,20,24-25,33H,10,13,16H2,1-3H3/t20-,24+,25-/m0/s1. The number of benzene rings is 2. The average Bonchev–Trinajstić information content (AvgIpc) is 3.33. The van der Waals surface area contributed by atoms with Crippen LogP contribution in [0.25, 0.3) is 11.1 Å². The second-order valence-electron chi connectivity index (χ2n) is 9.40. The average molecular weight is 472 g/mol. The van der Waals surface area contributed by atoms with Gasteiger partial charge in [-0.15, -0.1) is 0 Å². The summed E-state index contributed by atoms with van der Waals surface area (Å²) in [5, 5.41) is 10.2. The summed E-state index contributed by atoms with van der Waals surface area (Å²) in [6, 6.07) is 13.6. The fraction of sp³-hybridized carbons (Fsp3) is 0.333. The highest BCUT2D eigenvalue weighted by atomic mass is 16.3. The molecule has 2 aromatic carbocycles. The van der Waals surface area contributed by atoms with Gasteiger partial charge in [0.1, 0.15) is 5.69 Å². The summed E-state index contributed by atoms with van der Waals surface area (Å²) in [6.45, 7) is 0.619. The van der Waals surface area contributed by atoms with Crippen molar-refractivity contribution in [1.29, 1.82) is 0 Å². The minimum absolute atomic E-state index is 0.0212. The summed E-state index contributed by atoms with van der Waals surface area (Å²) in [7, 11) is 5.48. The summed E-state index contributed by atoms with van der Waals surface area (Å²) in [5.41, 5.74) is 5.04. The number of aliphatic hydroxyl groups excluding tert-OH is 1. The second kappa shape index (κ2) is 9.11. The summed E-state index contributed by atoms with van der Waals surface area (Å²) < 4.78 is 0. The number of anilines is 1. The van der Waals surface area contributed by atoms with Gasteiger partial charge in [-0.25, -0.2) is 4.98 Å². The SMILES string of the molecule is CN(C)C(=O)c1ccc(-c2ccc3c(c2)[C@@H]2[C@@H](CCN2C(=O)c2cnccn2)[C@@H](CO)N3C)cc1. The van der Waals surface area contributed by atoms with E-state index >= 15 is 0 Å². The molecule has 5 rings (SSSR count). The minimum atomic E-state index is -0.164. The highest BCUT2D eigenvalue weighted by Crippen LogP contribution is 2.49. The Balaban J connectivity index is 1.55. The summed E-state index contributed by atoms with van der Waals surface area (Å²) in [5.74, 6) is -0.0752.